The van der Waals surface area contributed by atoms with Crippen LogP contribution in [-0.2, 0) is 9.53 Å². The second-order valence-corrected chi connectivity index (χ2v) is 4.35. The molecule has 0 spiro atoms. The van der Waals surface area contributed by atoms with E-state index >= 15 is 0 Å². The van der Waals surface area contributed by atoms with Gasteiger partial charge in [0.1, 0.15) is 0 Å². The maximum atomic E-state index is 11.5. The fourth-order valence-electron chi connectivity index (χ4n) is 1.66. The van der Waals surface area contributed by atoms with Gasteiger partial charge in [-0.1, -0.05) is 18.2 Å². The molecule has 2 rings (SSSR count). The first-order chi connectivity index (χ1) is 7.24. The molecular formula is C12H12O2S. The molecule has 3 heteroatoms. The summed E-state index contributed by atoms with van der Waals surface area (Å²) in [5.41, 5.74) is 1.05. The van der Waals surface area contributed by atoms with Crippen LogP contribution in [-0.4, -0.2) is 13.1 Å². The number of thiophene rings is 1. The summed E-state index contributed by atoms with van der Waals surface area (Å²) < 4.78 is 5.93. The Bertz CT molecular complexity index is 487. The Morgan fingerprint density at radius 3 is 2.93 bits per heavy atom. The number of rotatable bonds is 2. The molecule has 1 atom stereocenters. The summed E-state index contributed by atoms with van der Waals surface area (Å²) in [6, 6.07) is 8.08. The average molecular weight is 220 g/mol. The van der Waals surface area contributed by atoms with E-state index in [0.29, 0.717) is 0 Å². The second kappa shape index (κ2) is 4.03. The molecule has 0 radical (unpaired) electrons. The highest BCUT2D eigenvalue weighted by atomic mass is 32.1. The van der Waals surface area contributed by atoms with Crippen LogP contribution in [0.15, 0.2) is 29.6 Å². The lowest BCUT2D eigenvalue weighted by molar-refractivity contribution is -0.141. The van der Waals surface area contributed by atoms with Gasteiger partial charge in [0, 0.05) is 4.70 Å². The Morgan fingerprint density at radius 1 is 1.40 bits per heavy atom. The predicted octanol–water partition coefficient (Wildman–Crippen LogP) is 3.18. The van der Waals surface area contributed by atoms with Crippen LogP contribution >= 0.6 is 11.3 Å². The maximum Gasteiger partial charge on any atom is 0.312 e. The first kappa shape index (κ1) is 10.2. The van der Waals surface area contributed by atoms with Gasteiger partial charge in [-0.15, -0.1) is 11.3 Å². The minimum absolute atomic E-state index is 0.184. The average Bonchev–Trinajstić information content (AvgIpc) is 2.74. The number of methoxy groups -OCH3 is 1. The third-order valence-electron chi connectivity index (χ3n) is 2.53. The minimum Gasteiger partial charge on any atom is -0.469 e. The van der Waals surface area contributed by atoms with E-state index in [1.165, 1.54) is 17.2 Å². The van der Waals surface area contributed by atoms with E-state index in [9.17, 15) is 4.79 Å². The first-order valence-corrected chi connectivity index (χ1v) is 5.66. The zero-order valence-corrected chi connectivity index (χ0v) is 9.51. The molecule has 2 nitrogen and oxygen atoms in total. The summed E-state index contributed by atoms with van der Waals surface area (Å²) in [6.45, 7) is 1.88. The highest BCUT2D eigenvalue weighted by molar-refractivity contribution is 7.17. The van der Waals surface area contributed by atoms with Crippen LogP contribution in [0.3, 0.4) is 0 Å². The molecule has 0 fully saturated rings. The summed E-state index contributed by atoms with van der Waals surface area (Å²) >= 11 is 1.66. The van der Waals surface area contributed by atoms with Crippen molar-refractivity contribution in [2.75, 3.05) is 7.11 Å². The number of hydrogen-bond acceptors (Lipinski definition) is 3. The largest absolute Gasteiger partial charge is 0.469 e. The van der Waals surface area contributed by atoms with Gasteiger partial charge in [0.25, 0.3) is 0 Å². The molecule has 2 aromatic rings. The third-order valence-corrected chi connectivity index (χ3v) is 3.51. The molecule has 1 aromatic carbocycles. The standard InChI is InChI=1S/C12H12O2S/c1-8(12(13)14-2)10-5-3-4-9-6-7-15-11(9)10/h3-8H,1-2H3. The van der Waals surface area contributed by atoms with Crippen molar-refractivity contribution in [1.29, 1.82) is 0 Å². The number of ether oxygens (including phenoxy) is 1. The normalized spacial score (nSPS) is 12.7. The zero-order valence-electron chi connectivity index (χ0n) is 8.69. The number of carbonyl (C=O) groups is 1. The highest BCUT2D eigenvalue weighted by Crippen LogP contribution is 2.30. The molecule has 1 heterocycles. The van der Waals surface area contributed by atoms with Crippen LogP contribution in [0.25, 0.3) is 10.1 Å². The Kier molecular flexibility index (Phi) is 2.73. The minimum atomic E-state index is -0.197. The number of esters is 1. The van der Waals surface area contributed by atoms with Gasteiger partial charge in [0.15, 0.2) is 0 Å². The fraction of sp³-hybridized carbons (Fsp3) is 0.250. The van der Waals surface area contributed by atoms with Crippen LogP contribution < -0.4 is 0 Å². The van der Waals surface area contributed by atoms with E-state index in [2.05, 4.69) is 12.1 Å². The number of carbonyl (C=O) groups excluding carboxylic acids is 1. The highest BCUT2D eigenvalue weighted by Gasteiger charge is 2.18. The van der Waals surface area contributed by atoms with Gasteiger partial charge in [0.2, 0.25) is 0 Å². The van der Waals surface area contributed by atoms with Crippen LogP contribution in [0.1, 0.15) is 18.4 Å². The molecule has 0 N–H and O–H groups in total. The monoisotopic (exact) mass is 220 g/mol. The van der Waals surface area contributed by atoms with Gasteiger partial charge in [-0.2, -0.15) is 0 Å². The third kappa shape index (κ3) is 1.75. The molecular weight excluding hydrogens is 208 g/mol. The van der Waals surface area contributed by atoms with Crippen LogP contribution in [0, 0.1) is 0 Å². The van der Waals surface area contributed by atoms with Crippen molar-refractivity contribution >= 4 is 27.4 Å². The smallest absolute Gasteiger partial charge is 0.312 e. The van der Waals surface area contributed by atoms with Crippen molar-refractivity contribution < 1.29 is 9.53 Å². The lowest BCUT2D eigenvalue weighted by Crippen LogP contribution is -2.10. The van der Waals surface area contributed by atoms with Crippen molar-refractivity contribution in [3.05, 3.63) is 35.2 Å². The van der Waals surface area contributed by atoms with Gasteiger partial charge in [-0.05, 0) is 29.3 Å². The molecule has 0 bridgehead atoms. The van der Waals surface area contributed by atoms with Gasteiger partial charge in [-0.3, -0.25) is 4.79 Å². The van der Waals surface area contributed by atoms with Crippen LogP contribution in [0.4, 0.5) is 0 Å². The summed E-state index contributed by atoms with van der Waals surface area (Å²) in [7, 11) is 1.42. The Morgan fingerprint density at radius 2 is 2.20 bits per heavy atom. The summed E-state index contributed by atoms with van der Waals surface area (Å²) in [5, 5.41) is 3.23. The quantitative estimate of drug-likeness (QED) is 0.726. The number of hydrogen-bond donors (Lipinski definition) is 0. The first-order valence-electron chi connectivity index (χ1n) is 4.78. The van der Waals surface area contributed by atoms with E-state index in [-0.39, 0.29) is 11.9 Å². The SMILES string of the molecule is COC(=O)C(C)c1cccc2ccsc12. The van der Waals surface area contributed by atoms with Crippen LogP contribution in [0.5, 0.6) is 0 Å². The molecule has 0 aliphatic heterocycles. The summed E-state index contributed by atoms with van der Waals surface area (Å²) in [4.78, 5) is 11.5. The summed E-state index contributed by atoms with van der Waals surface area (Å²) in [6.07, 6.45) is 0. The lowest BCUT2D eigenvalue weighted by atomic mass is 10.0. The van der Waals surface area contributed by atoms with Gasteiger partial charge in [-0.25, -0.2) is 0 Å². The molecule has 0 saturated carbocycles. The fourth-order valence-corrected chi connectivity index (χ4v) is 2.66. The van der Waals surface area contributed by atoms with E-state index < -0.39 is 0 Å². The van der Waals surface area contributed by atoms with E-state index in [0.717, 1.165) is 5.56 Å². The van der Waals surface area contributed by atoms with Crippen molar-refractivity contribution in [3.63, 3.8) is 0 Å². The van der Waals surface area contributed by atoms with Gasteiger partial charge in [0.05, 0.1) is 13.0 Å². The molecule has 0 amide bonds. The van der Waals surface area contributed by atoms with Crippen molar-refractivity contribution in [1.82, 2.24) is 0 Å². The topological polar surface area (TPSA) is 26.3 Å². The van der Waals surface area contributed by atoms with Crippen LogP contribution in [0.2, 0.25) is 0 Å². The van der Waals surface area contributed by atoms with E-state index in [1.807, 2.05) is 24.4 Å². The lowest BCUT2D eigenvalue weighted by Gasteiger charge is -2.10. The molecule has 1 aromatic heterocycles. The molecule has 0 aliphatic carbocycles. The van der Waals surface area contributed by atoms with E-state index in [1.54, 1.807) is 11.3 Å². The molecule has 0 aliphatic rings. The maximum absolute atomic E-state index is 11.5. The Balaban J connectivity index is 2.51. The predicted molar refractivity (Wildman–Crippen MR) is 62.3 cm³/mol. The molecule has 1 unspecified atom stereocenters. The number of fused-ring (bicyclic) bond motifs is 1. The zero-order chi connectivity index (χ0) is 10.8. The van der Waals surface area contributed by atoms with Gasteiger partial charge < -0.3 is 4.74 Å². The van der Waals surface area contributed by atoms with Crippen molar-refractivity contribution in [3.8, 4) is 0 Å². The van der Waals surface area contributed by atoms with Gasteiger partial charge >= 0.3 is 5.97 Å². The van der Waals surface area contributed by atoms with Crippen molar-refractivity contribution in [2.45, 2.75) is 12.8 Å². The Hall–Kier alpha value is -1.35. The molecule has 0 saturated heterocycles. The molecule has 78 valence electrons. The molecule has 15 heavy (non-hydrogen) atoms. The van der Waals surface area contributed by atoms with Crippen molar-refractivity contribution in [2.24, 2.45) is 0 Å². The van der Waals surface area contributed by atoms with E-state index in [4.69, 9.17) is 4.74 Å². The Labute approximate surface area is 92.5 Å². The summed E-state index contributed by atoms with van der Waals surface area (Å²) in [5.74, 6) is -0.381. The number of benzene rings is 1. The second-order valence-electron chi connectivity index (χ2n) is 3.43.